The lowest BCUT2D eigenvalue weighted by Gasteiger charge is -2.34. The highest BCUT2D eigenvalue weighted by molar-refractivity contribution is 7.09. The predicted molar refractivity (Wildman–Crippen MR) is 108 cm³/mol. The van der Waals surface area contributed by atoms with Crippen molar-refractivity contribution in [1.29, 1.82) is 0 Å². The number of likely N-dealkylation sites (tertiary alicyclic amines) is 1. The van der Waals surface area contributed by atoms with Crippen LogP contribution >= 0.6 is 36.2 Å². The van der Waals surface area contributed by atoms with E-state index < -0.39 is 0 Å². The third-order valence-electron chi connectivity index (χ3n) is 5.10. The van der Waals surface area contributed by atoms with Crippen LogP contribution in [0.25, 0.3) is 0 Å². The molecule has 3 heterocycles. The van der Waals surface area contributed by atoms with Gasteiger partial charge in [0, 0.05) is 29.9 Å². The normalized spacial score (nSPS) is 24.9. The Kier molecular flexibility index (Phi) is 9.67. The molecule has 2 atom stereocenters. The van der Waals surface area contributed by atoms with Gasteiger partial charge in [-0.15, -0.1) is 36.2 Å². The van der Waals surface area contributed by atoms with Gasteiger partial charge < -0.3 is 10.6 Å². The third kappa shape index (κ3) is 6.36. The maximum Gasteiger partial charge on any atom is 0.223 e. The Morgan fingerprint density at radius 1 is 1.36 bits per heavy atom. The SMILES string of the molecule is Cc1nc(CN2CCC(C(=O)NC3CCCNC3C)CC2)cs1.Cl.Cl. The maximum absolute atomic E-state index is 12.5. The fourth-order valence-corrected chi connectivity index (χ4v) is 4.21. The summed E-state index contributed by atoms with van der Waals surface area (Å²) in [5.41, 5.74) is 1.16. The van der Waals surface area contributed by atoms with Gasteiger partial charge in [0.15, 0.2) is 0 Å². The highest BCUT2D eigenvalue weighted by Gasteiger charge is 2.29. The number of hydrogen-bond acceptors (Lipinski definition) is 5. The molecule has 144 valence electrons. The predicted octanol–water partition coefficient (Wildman–Crippen LogP) is 2.76. The van der Waals surface area contributed by atoms with Crippen LogP contribution in [0.2, 0.25) is 0 Å². The minimum atomic E-state index is 0. The first kappa shape index (κ1) is 22.6. The van der Waals surface area contributed by atoms with E-state index in [1.54, 1.807) is 11.3 Å². The molecule has 2 fully saturated rings. The zero-order valence-electron chi connectivity index (χ0n) is 15.0. The molecule has 0 aromatic carbocycles. The summed E-state index contributed by atoms with van der Waals surface area (Å²) in [5, 5.41) is 10.00. The molecule has 25 heavy (non-hydrogen) atoms. The number of aryl methyl sites for hydroxylation is 1. The first-order valence-corrected chi connectivity index (χ1v) is 9.67. The molecule has 0 aliphatic carbocycles. The molecule has 2 unspecified atom stereocenters. The van der Waals surface area contributed by atoms with Crippen molar-refractivity contribution in [1.82, 2.24) is 20.5 Å². The number of nitrogens with one attached hydrogen (secondary N) is 2. The largest absolute Gasteiger partial charge is 0.352 e. The van der Waals surface area contributed by atoms with Crippen LogP contribution in [0.3, 0.4) is 0 Å². The van der Waals surface area contributed by atoms with E-state index in [1.165, 1.54) is 0 Å². The van der Waals surface area contributed by atoms with Gasteiger partial charge >= 0.3 is 0 Å². The van der Waals surface area contributed by atoms with E-state index in [9.17, 15) is 4.79 Å². The van der Waals surface area contributed by atoms with Crippen molar-refractivity contribution in [3.8, 4) is 0 Å². The Morgan fingerprint density at radius 2 is 2.08 bits per heavy atom. The lowest BCUT2D eigenvalue weighted by Crippen LogP contribution is -2.53. The van der Waals surface area contributed by atoms with Gasteiger partial charge in [0.05, 0.1) is 10.7 Å². The Balaban J connectivity index is 0.00000156. The fourth-order valence-electron chi connectivity index (χ4n) is 3.60. The molecule has 2 N–H and O–H groups in total. The molecule has 5 nitrogen and oxygen atoms in total. The Bertz CT molecular complexity index is 534. The molecular weight excluding hydrogens is 379 g/mol. The fraction of sp³-hybridized carbons (Fsp3) is 0.765. The zero-order valence-corrected chi connectivity index (χ0v) is 17.4. The lowest BCUT2D eigenvalue weighted by atomic mass is 9.93. The Labute approximate surface area is 167 Å². The smallest absolute Gasteiger partial charge is 0.223 e. The average Bonchev–Trinajstić information content (AvgIpc) is 2.95. The number of halogens is 2. The van der Waals surface area contributed by atoms with Crippen molar-refractivity contribution < 1.29 is 4.79 Å². The third-order valence-corrected chi connectivity index (χ3v) is 5.92. The molecular formula is C17H30Cl2N4OS. The van der Waals surface area contributed by atoms with E-state index in [0.717, 1.165) is 62.6 Å². The second kappa shape index (κ2) is 10.7. The molecule has 1 aromatic heterocycles. The average molecular weight is 409 g/mol. The van der Waals surface area contributed by atoms with Crippen LogP contribution in [-0.2, 0) is 11.3 Å². The van der Waals surface area contributed by atoms with E-state index in [1.807, 2.05) is 6.92 Å². The second-order valence-corrected chi connectivity index (χ2v) is 7.97. The summed E-state index contributed by atoms with van der Waals surface area (Å²) in [6.07, 6.45) is 4.18. The van der Waals surface area contributed by atoms with Gasteiger partial charge in [0.1, 0.15) is 0 Å². The van der Waals surface area contributed by atoms with Gasteiger partial charge in [-0.2, -0.15) is 0 Å². The molecule has 1 aromatic rings. The molecule has 0 bridgehead atoms. The number of piperidine rings is 2. The molecule has 0 radical (unpaired) electrons. The topological polar surface area (TPSA) is 57.3 Å². The second-order valence-electron chi connectivity index (χ2n) is 6.91. The minimum absolute atomic E-state index is 0. The van der Waals surface area contributed by atoms with E-state index >= 15 is 0 Å². The quantitative estimate of drug-likeness (QED) is 0.803. The number of nitrogens with zero attached hydrogens (tertiary/aromatic N) is 2. The minimum Gasteiger partial charge on any atom is -0.352 e. The Morgan fingerprint density at radius 3 is 2.68 bits per heavy atom. The zero-order chi connectivity index (χ0) is 16.2. The Hall–Kier alpha value is -0.400. The van der Waals surface area contributed by atoms with Crippen LogP contribution in [-0.4, -0.2) is 47.5 Å². The number of hydrogen-bond donors (Lipinski definition) is 2. The van der Waals surface area contributed by atoms with E-state index in [4.69, 9.17) is 0 Å². The molecule has 2 saturated heterocycles. The van der Waals surface area contributed by atoms with Crippen LogP contribution < -0.4 is 10.6 Å². The summed E-state index contributed by atoms with van der Waals surface area (Å²) in [4.78, 5) is 19.5. The number of carbonyl (C=O) groups is 1. The van der Waals surface area contributed by atoms with Gasteiger partial charge in [-0.1, -0.05) is 0 Å². The van der Waals surface area contributed by atoms with Gasteiger partial charge in [-0.3, -0.25) is 9.69 Å². The summed E-state index contributed by atoms with van der Waals surface area (Å²) in [7, 11) is 0. The number of carbonyl (C=O) groups excluding carboxylic acids is 1. The lowest BCUT2D eigenvalue weighted by molar-refractivity contribution is -0.127. The molecule has 0 spiro atoms. The highest BCUT2D eigenvalue weighted by Crippen LogP contribution is 2.21. The van der Waals surface area contributed by atoms with E-state index in [0.29, 0.717) is 12.1 Å². The number of thiazole rings is 1. The van der Waals surface area contributed by atoms with Crippen molar-refractivity contribution in [3.05, 3.63) is 16.1 Å². The molecule has 3 rings (SSSR count). The van der Waals surface area contributed by atoms with Crippen LogP contribution in [0, 0.1) is 12.8 Å². The summed E-state index contributed by atoms with van der Waals surface area (Å²) in [6.45, 7) is 8.19. The van der Waals surface area contributed by atoms with Crippen molar-refractivity contribution in [3.63, 3.8) is 0 Å². The molecule has 8 heteroatoms. The maximum atomic E-state index is 12.5. The van der Waals surface area contributed by atoms with Crippen molar-refractivity contribution in [2.75, 3.05) is 19.6 Å². The first-order chi connectivity index (χ1) is 11.1. The van der Waals surface area contributed by atoms with Crippen LogP contribution in [0.15, 0.2) is 5.38 Å². The van der Waals surface area contributed by atoms with Gasteiger partial charge in [-0.25, -0.2) is 4.98 Å². The summed E-state index contributed by atoms with van der Waals surface area (Å²) in [5.74, 6) is 0.437. The molecule has 1 amide bonds. The summed E-state index contributed by atoms with van der Waals surface area (Å²) in [6, 6.07) is 0.688. The van der Waals surface area contributed by atoms with Gasteiger partial charge in [0.25, 0.3) is 0 Å². The van der Waals surface area contributed by atoms with E-state index in [2.05, 4.69) is 32.8 Å². The van der Waals surface area contributed by atoms with Gasteiger partial charge in [0.2, 0.25) is 5.91 Å². The monoisotopic (exact) mass is 408 g/mol. The number of rotatable bonds is 4. The van der Waals surface area contributed by atoms with Crippen LogP contribution in [0.4, 0.5) is 0 Å². The molecule has 0 saturated carbocycles. The number of aromatic nitrogens is 1. The van der Waals surface area contributed by atoms with Gasteiger partial charge in [-0.05, 0) is 59.2 Å². The highest BCUT2D eigenvalue weighted by atomic mass is 35.5. The van der Waals surface area contributed by atoms with E-state index in [-0.39, 0.29) is 36.6 Å². The standard InChI is InChI=1S/C17H28N4OS.2ClH/c1-12-16(4-3-7-18-12)20-17(22)14-5-8-21(9-6-14)10-15-11-23-13(2)19-15;;/h11-12,14,16,18H,3-10H2,1-2H3,(H,20,22);2*1H. The van der Waals surface area contributed by atoms with Crippen LogP contribution in [0.1, 0.15) is 43.3 Å². The van der Waals surface area contributed by atoms with Crippen molar-refractivity contribution >= 4 is 42.1 Å². The van der Waals surface area contributed by atoms with Crippen molar-refractivity contribution in [2.24, 2.45) is 5.92 Å². The van der Waals surface area contributed by atoms with Crippen molar-refractivity contribution in [2.45, 2.75) is 58.2 Å². The summed E-state index contributed by atoms with van der Waals surface area (Å²) >= 11 is 1.71. The summed E-state index contributed by atoms with van der Waals surface area (Å²) < 4.78 is 0. The van der Waals surface area contributed by atoms with Crippen LogP contribution in [0.5, 0.6) is 0 Å². The molecule has 2 aliphatic rings. The number of amides is 1. The first-order valence-electron chi connectivity index (χ1n) is 8.79. The molecule has 2 aliphatic heterocycles.